The highest BCUT2D eigenvalue weighted by molar-refractivity contribution is 5.93. The van der Waals surface area contributed by atoms with Crippen molar-refractivity contribution in [1.82, 2.24) is 24.7 Å². The van der Waals surface area contributed by atoms with Crippen molar-refractivity contribution in [3.63, 3.8) is 0 Å². The Labute approximate surface area is 212 Å². The van der Waals surface area contributed by atoms with Gasteiger partial charge in [0.1, 0.15) is 17.8 Å². The number of nitrogens with zero attached hydrogens (tertiary/aromatic N) is 6. The summed E-state index contributed by atoms with van der Waals surface area (Å²) >= 11 is 0. The van der Waals surface area contributed by atoms with Gasteiger partial charge in [0.2, 0.25) is 5.91 Å². The molecule has 5 rings (SSSR count). The summed E-state index contributed by atoms with van der Waals surface area (Å²) in [4.78, 5) is 41.7. The molecule has 2 aromatic rings. The fraction of sp³-hybridized carbons (Fsp3) is 0.556. The van der Waals surface area contributed by atoms with Crippen molar-refractivity contribution in [3.05, 3.63) is 53.5 Å². The van der Waals surface area contributed by atoms with Crippen LogP contribution in [0.15, 0.2) is 36.7 Å². The van der Waals surface area contributed by atoms with E-state index in [9.17, 15) is 14.7 Å². The van der Waals surface area contributed by atoms with E-state index < -0.39 is 6.10 Å². The van der Waals surface area contributed by atoms with Gasteiger partial charge in [-0.2, -0.15) is 0 Å². The Bertz CT molecular complexity index is 1100. The number of anilines is 1. The number of aliphatic hydroxyl groups excluding tert-OH is 1. The predicted molar refractivity (Wildman–Crippen MR) is 137 cm³/mol. The van der Waals surface area contributed by atoms with Crippen LogP contribution in [0.3, 0.4) is 0 Å². The lowest BCUT2D eigenvalue weighted by molar-refractivity contribution is -0.129. The van der Waals surface area contributed by atoms with Crippen molar-refractivity contribution in [3.8, 4) is 0 Å². The number of carbonyl (C=O) groups excluding carboxylic acids is 2. The van der Waals surface area contributed by atoms with Gasteiger partial charge in [-0.3, -0.25) is 14.5 Å². The van der Waals surface area contributed by atoms with Crippen LogP contribution in [-0.4, -0.2) is 99.5 Å². The zero-order valence-corrected chi connectivity index (χ0v) is 21.2. The predicted octanol–water partition coefficient (Wildman–Crippen LogP) is 1.56. The van der Waals surface area contributed by atoms with Crippen LogP contribution in [0.1, 0.15) is 47.8 Å². The van der Waals surface area contributed by atoms with Gasteiger partial charge >= 0.3 is 0 Å². The van der Waals surface area contributed by atoms with Gasteiger partial charge < -0.3 is 19.8 Å². The topological polar surface area (TPSA) is 93.1 Å². The lowest BCUT2D eigenvalue weighted by Crippen LogP contribution is -2.56. The fourth-order valence-electron chi connectivity index (χ4n) is 5.90. The Kier molecular flexibility index (Phi) is 7.20. The van der Waals surface area contributed by atoms with E-state index in [1.165, 1.54) is 17.5 Å². The number of amides is 2. The van der Waals surface area contributed by atoms with E-state index in [0.29, 0.717) is 24.6 Å². The van der Waals surface area contributed by atoms with E-state index in [1.807, 2.05) is 11.9 Å². The summed E-state index contributed by atoms with van der Waals surface area (Å²) in [6.45, 7) is 5.75. The third-order valence-electron chi connectivity index (χ3n) is 8.15. The fourth-order valence-corrected chi connectivity index (χ4v) is 5.90. The number of aromatic nitrogens is 2. The van der Waals surface area contributed by atoms with Crippen LogP contribution in [0.25, 0.3) is 0 Å². The maximum Gasteiger partial charge on any atom is 0.272 e. The Morgan fingerprint density at radius 2 is 1.72 bits per heavy atom. The molecule has 9 nitrogen and oxygen atoms in total. The molecule has 1 aromatic heterocycles. The Hall–Kier alpha value is -3.04. The van der Waals surface area contributed by atoms with Crippen LogP contribution >= 0.6 is 0 Å². The van der Waals surface area contributed by atoms with Gasteiger partial charge in [0.15, 0.2) is 0 Å². The van der Waals surface area contributed by atoms with Crippen LogP contribution < -0.4 is 4.90 Å². The molecule has 0 spiro atoms. The maximum absolute atomic E-state index is 13.3. The molecule has 1 unspecified atom stereocenters. The Balaban J connectivity index is 1.20. The van der Waals surface area contributed by atoms with Crippen LogP contribution in [0, 0.1) is 0 Å². The monoisotopic (exact) mass is 492 g/mol. The molecule has 4 heterocycles. The molecule has 3 aliphatic rings. The molecule has 2 amide bonds. The second-order valence-corrected chi connectivity index (χ2v) is 10.3. The molecule has 0 aliphatic carbocycles. The highest BCUT2D eigenvalue weighted by atomic mass is 16.3. The largest absolute Gasteiger partial charge is 0.390 e. The van der Waals surface area contributed by atoms with Gasteiger partial charge in [0.05, 0.1) is 6.10 Å². The Morgan fingerprint density at radius 1 is 1.00 bits per heavy atom. The molecule has 0 saturated carbocycles. The lowest BCUT2D eigenvalue weighted by Gasteiger charge is -2.43. The normalized spacial score (nSPS) is 23.3. The molecule has 2 saturated heterocycles. The summed E-state index contributed by atoms with van der Waals surface area (Å²) in [6.07, 6.45) is 4.31. The number of β-amino-alcohol motifs (C(OH)–C–C–N with tert-alkyl or cyclic N) is 1. The van der Waals surface area contributed by atoms with Crippen molar-refractivity contribution < 1.29 is 14.7 Å². The van der Waals surface area contributed by atoms with Gasteiger partial charge in [-0.15, -0.1) is 0 Å². The molecule has 9 heteroatoms. The van der Waals surface area contributed by atoms with Crippen LogP contribution in [-0.2, 0) is 17.8 Å². The molecule has 1 aromatic carbocycles. The molecule has 0 radical (unpaired) electrons. The minimum Gasteiger partial charge on any atom is -0.390 e. The maximum atomic E-state index is 13.3. The highest BCUT2D eigenvalue weighted by Crippen LogP contribution is 2.26. The first-order chi connectivity index (χ1) is 17.4. The summed E-state index contributed by atoms with van der Waals surface area (Å²) in [5.41, 5.74) is 3.08. The van der Waals surface area contributed by atoms with E-state index in [0.717, 1.165) is 51.9 Å². The first kappa shape index (κ1) is 24.6. The first-order valence-electron chi connectivity index (χ1n) is 13.0. The van der Waals surface area contributed by atoms with E-state index in [4.69, 9.17) is 0 Å². The number of hydrogen-bond donors (Lipinski definition) is 1. The highest BCUT2D eigenvalue weighted by Gasteiger charge is 2.36. The number of fused-ring (bicyclic) bond motifs is 1. The summed E-state index contributed by atoms with van der Waals surface area (Å²) in [5, 5.41) is 11.0. The molecule has 2 atom stereocenters. The second kappa shape index (κ2) is 10.5. The van der Waals surface area contributed by atoms with Crippen LogP contribution in [0.2, 0.25) is 0 Å². The minimum atomic E-state index is -0.594. The molecule has 36 heavy (non-hydrogen) atoms. The number of aliphatic hydroxyl groups is 1. The molecular formula is C27H36N6O3. The lowest BCUT2D eigenvalue weighted by atomic mass is 9.94. The van der Waals surface area contributed by atoms with Crippen LogP contribution in [0.5, 0.6) is 0 Å². The van der Waals surface area contributed by atoms with E-state index in [1.54, 1.807) is 17.9 Å². The van der Waals surface area contributed by atoms with E-state index in [-0.39, 0.29) is 23.9 Å². The molecule has 192 valence electrons. The molecule has 0 bridgehead atoms. The second-order valence-electron chi connectivity index (χ2n) is 10.3. The molecule has 3 aliphatic heterocycles. The van der Waals surface area contributed by atoms with E-state index in [2.05, 4.69) is 44.0 Å². The van der Waals surface area contributed by atoms with Gasteiger partial charge in [0.25, 0.3) is 5.91 Å². The van der Waals surface area contributed by atoms with Crippen molar-refractivity contribution in [2.75, 3.05) is 44.7 Å². The summed E-state index contributed by atoms with van der Waals surface area (Å²) in [7, 11) is 1.98. The SMILES string of the molecule is CC(=O)N1CCC(N(C)c2cc(C(=O)N3CCC(N4CCc5ccccc5C4)[C@@H](O)C3)ncn2)CC1. The van der Waals surface area contributed by atoms with Gasteiger partial charge in [0, 0.05) is 71.4 Å². The number of piperidine rings is 2. The number of benzene rings is 1. The van der Waals surface area contributed by atoms with Crippen molar-refractivity contribution in [2.24, 2.45) is 0 Å². The van der Waals surface area contributed by atoms with Crippen molar-refractivity contribution >= 4 is 17.6 Å². The first-order valence-corrected chi connectivity index (χ1v) is 13.0. The van der Waals surface area contributed by atoms with Crippen molar-refractivity contribution in [1.29, 1.82) is 0 Å². The zero-order valence-electron chi connectivity index (χ0n) is 21.2. The molecular weight excluding hydrogens is 456 g/mol. The average molecular weight is 493 g/mol. The average Bonchev–Trinajstić information content (AvgIpc) is 2.92. The Morgan fingerprint density at radius 3 is 2.44 bits per heavy atom. The van der Waals surface area contributed by atoms with Gasteiger partial charge in [-0.1, -0.05) is 24.3 Å². The zero-order chi connectivity index (χ0) is 25.2. The van der Waals surface area contributed by atoms with Crippen LogP contribution in [0.4, 0.5) is 5.82 Å². The third kappa shape index (κ3) is 5.08. The third-order valence-corrected chi connectivity index (χ3v) is 8.15. The number of likely N-dealkylation sites (tertiary alicyclic amines) is 2. The number of carbonyl (C=O) groups is 2. The standard InChI is InChI=1S/C27H36N6O3/c1-19(34)31-12-8-22(9-13-31)30(2)26-15-23(28-18-29-26)27(36)33-14-10-24(25(35)17-33)32-11-7-20-5-3-4-6-21(20)16-32/h3-6,15,18,22,24-25,35H,7-14,16-17H2,1-2H3/t24?,25-/m0/s1. The summed E-state index contributed by atoms with van der Waals surface area (Å²) < 4.78 is 0. The summed E-state index contributed by atoms with van der Waals surface area (Å²) in [6, 6.07) is 10.6. The van der Waals surface area contributed by atoms with Crippen molar-refractivity contribution in [2.45, 2.75) is 57.3 Å². The van der Waals surface area contributed by atoms with Gasteiger partial charge in [-0.25, -0.2) is 9.97 Å². The smallest absolute Gasteiger partial charge is 0.272 e. The minimum absolute atomic E-state index is 0.0513. The number of hydrogen-bond acceptors (Lipinski definition) is 7. The van der Waals surface area contributed by atoms with Gasteiger partial charge in [-0.05, 0) is 36.8 Å². The quantitative estimate of drug-likeness (QED) is 0.692. The number of rotatable bonds is 4. The summed E-state index contributed by atoms with van der Waals surface area (Å²) in [5.74, 6) is 0.652. The molecule has 1 N–H and O–H groups in total. The molecule has 2 fully saturated rings. The van der Waals surface area contributed by atoms with E-state index >= 15 is 0 Å².